The van der Waals surface area contributed by atoms with E-state index >= 15 is 0 Å². The fourth-order valence-electron chi connectivity index (χ4n) is 2.97. The molecule has 1 aliphatic heterocycles. The molecule has 0 aliphatic carbocycles. The van der Waals surface area contributed by atoms with Crippen LogP contribution in [0.4, 0.5) is 23.7 Å². The van der Waals surface area contributed by atoms with Gasteiger partial charge < -0.3 is 16.0 Å². The van der Waals surface area contributed by atoms with Crippen LogP contribution in [0.2, 0.25) is 0 Å². The van der Waals surface area contributed by atoms with Gasteiger partial charge in [-0.2, -0.15) is 13.2 Å². The van der Waals surface area contributed by atoms with Gasteiger partial charge in [-0.15, -0.1) is 0 Å². The molecule has 1 aliphatic rings. The molecule has 1 heterocycles. The van der Waals surface area contributed by atoms with E-state index in [1.54, 1.807) is 24.3 Å². The van der Waals surface area contributed by atoms with Crippen LogP contribution in [0.1, 0.15) is 24.1 Å². The van der Waals surface area contributed by atoms with E-state index in [0.717, 1.165) is 10.5 Å². The van der Waals surface area contributed by atoms with E-state index < -0.39 is 29.7 Å². The van der Waals surface area contributed by atoms with Crippen LogP contribution in [-0.4, -0.2) is 11.9 Å². The summed E-state index contributed by atoms with van der Waals surface area (Å²) in [5.74, 6) is -0.616. The van der Waals surface area contributed by atoms with Gasteiger partial charge in [0, 0.05) is 15.9 Å². The zero-order valence-corrected chi connectivity index (χ0v) is 16.1. The largest absolute Gasteiger partial charge is 0.416 e. The van der Waals surface area contributed by atoms with Gasteiger partial charge in [-0.05, 0) is 42.8 Å². The van der Waals surface area contributed by atoms with Crippen LogP contribution in [0.15, 0.2) is 64.3 Å². The second-order valence-electron chi connectivity index (χ2n) is 6.12. The molecule has 146 valence electrons. The molecule has 2 aromatic rings. The van der Waals surface area contributed by atoms with Gasteiger partial charge in [0.15, 0.2) is 0 Å². The predicted molar refractivity (Wildman–Crippen MR) is 101 cm³/mol. The lowest BCUT2D eigenvalue weighted by molar-refractivity contribution is -0.138. The Bertz CT molecular complexity index is 956. The highest BCUT2D eigenvalue weighted by atomic mass is 79.9. The lowest BCUT2D eigenvalue weighted by atomic mass is 9.91. The summed E-state index contributed by atoms with van der Waals surface area (Å²) in [5, 5.41) is 7.52. The van der Waals surface area contributed by atoms with Crippen LogP contribution >= 0.6 is 15.9 Å². The molecule has 0 radical (unpaired) electrons. The zero-order valence-electron chi connectivity index (χ0n) is 14.5. The number of carbonyl (C=O) groups is 2. The molecular weight excluding hydrogens is 439 g/mol. The first-order valence-corrected chi connectivity index (χ1v) is 8.97. The van der Waals surface area contributed by atoms with E-state index in [1.807, 2.05) is 0 Å². The van der Waals surface area contributed by atoms with Crippen molar-refractivity contribution in [1.29, 1.82) is 0 Å². The standard InChI is InChI=1S/C19H15BrF3N3O2/c1-10-15(17(27)25-12-8-6-11(20)7-9-12)16(26-18(28)24-10)13-4-2-3-5-14(13)19(21,22)23/h2-9,16H,1H3,(H,25,27)(H2,24,26,28). The van der Waals surface area contributed by atoms with Crippen molar-refractivity contribution in [3.63, 3.8) is 0 Å². The number of rotatable bonds is 3. The molecule has 0 saturated heterocycles. The maximum atomic E-state index is 13.5. The Morgan fingerprint density at radius 1 is 1.11 bits per heavy atom. The Labute approximate surface area is 167 Å². The summed E-state index contributed by atoms with van der Waals surface area (Å²) in [4.78, 5) is 24.8. The minimum Gasteiger partial charge on any atom is -0.327 e. The molecule has 2 aromatic carbocycles. The van der Waals surface area contributed by atoms with Gasteiger partial charge in [-0.1, -0.05) is 34.1 Å². The minimum atomic E-state index is -4.63. The first-order valence-electron chi connectivity index (χ1n) is 8.18. The van der Waals surface area contributed by atoms with Crippen LogP contribution in [0, 0.1) is 0 Å². The van der Waals surface area contributed by atoms with Gasteiger partial charge in [0.05, 0.1) is 17.2 Å². The van der Waals surface area contributed by atoms with Gasteiger partial charge in [-0.25, -0.2) is 4.79 Å². The maximum Gasteiger partial charge on any atom is 0.416 e. The second-order valence-corrected chi connectivity index (χ2v) is 7.03. The van der Waals surface area contributed by atoms with Gasteiger partial charge in [0.25, 0.3) is 5.91 Å². The molecule has 0 bridgehead atoms. The Balaban J connectivity index is 2.02. The summed E-state index contributed by atoms with van der Waals surface area (Å²) in [6.07, 6.45) is -4.63. The summed E-state index contributed by atoms with van der Waals surface area (Å²) in [5.41, 5.74) is -0.470. The molecule has 28 heavy (non-hydrogen) atoms. The molecular formula is C19H15BrF3N3O2. The molecule has 1 unspecified atom stereocenters. The van der Waals surface area contributed by atoms with Crippen LogP contribution in [-0.2, 0) is 11.0 Å². The number of benzene rings is 2. The highest BCUT2D eigenvalue weighted by Crippen LogP contribution is 2.38. The fourth-order valence-corrected chi connectivity index (χ4v) is 3.23. The van der Waals surface area contributed by atoms with Crippen molar-refractivity contribution in [1.82, 2.24) is 10.6 Å². The topological polar surface area (TPSA) is 70.2 Å². The molecule has 0 aromatic heterocycles. The number of carbonyl (C=O) groups excluding carboxylic acids is 2. The van der Waals surface area contributed by atoms with Crippen LogP contribution < -0.4 is 16.0 Å². The number of urea groups is 1. The summed E-state index contributed by atoms with van der Waals surface area (Å²) in [6.45, 7) is 1.47. The van der Waals surface area contributed by atoms with Crippen molar-refractivity contribution >= 4 is 33.6 Å². The zero-order chi connectivity index (χ0) is 20.5. The van der Waals surface area contributed by atoms with E-state index in [4.69, 9.17) is 0 Å². The molecule has 3 N–H and O–H groups in total. The molecule has 0 fully saturated rings. The Morgan fingerprint density at radius 3 is 2.39 bits per heavy atom. The van der Waals surface area contributed by atoms with E-state index in [0.29, 0.717) is 5.69 Å². The lowest BCUT2D eigenvalue weighted by Gasteiger charge is -2.30. The number of hydrogen-bond donors (Lipinski definition) is 3. The smallest absolute Gasteiger partial charge is 0.327 e. The van der Waals surface area contributed by atoms with E-state index in [9.17, 15) is 22.8 Å². The third-order valence-corrected chi connectivity index (χ3v) is 4.72. The fraction of sp³-hybridized carbons (Fsp3) is 0.158. The van der Waals surface area contributed by atoms with Crippen molar-refractivity contribution in [3.8, 4) is 0 Å². The van der Waals surface area contributed by atoms with Crippen molar-refractivity contribution in [2.24, 2.45) is 0 Å². The number of nitrogens with one attached hydrogen (secondary N) is 3. The van der Waals surface area contributed by atoms with E-state index in [-0.39, 0.29) is 16.8 Å². The molecule has 9 heteroatoms. The average molecular weight is 454 g/mol. The number of hydrogen-bond acceptors (Lipinski definition) is 2. The lowest BCUT2D eigenvalue weighted by Crippen LogP contribution is -2.46. The van der Waals surface area contributed by atoms with Crippen molar-refractivity contribution in [2.75, 3.05) is 5.32 Å². The van der Waals surface area contributed by atoms with E-state index in [2.05, 4.69) is 31.9 Å². The third-order valence-electron chi connectivity index (χ3n) is 4.19. The first-order chi connectivity index (χ1) is 13.2. The highest BCUT2D eigenvalue weighted by molar-refractivity contribution is 9.10. The van der Waals surface area contributed by atoms with Crippen molar-refractivity contribution in [3.05, 3.63) is 75.4 Å². The van der Waals surface area contributed by atoms with Gasteiger partial charge in [0.1, 0.15) is 0 Å². The molecule has 1 atom stereocenters. The Morgan fingerprint density at radius 2 is 1.75 bits per heavy atom. The summed E-state index contributed by atoms with van der Waals surface area (Å²) < 4.78 is 41.2. The summed E-state index contributed by atoms with van der Waals surface area (Å²) >= 11 is 3.29. The number of halogens is 4. The van der Waals surface area contributed by atoms with Gasteiger partial charge in [-0.3, -0.25) is 4.79 Å². The maximum absolute atomic E-state index is 13.5. The monoisotopic (exact) mass is 453 g/mol. The summed E-state index contributed by atoms with van der Waals surface area (Å²) in [7, 11) is 0. The number of alkyl halides is 3. The number of anilines is 1. The summed E-state index contributed by atoms with van der Waals surface area (Å²) in [6, 6.07) is 9.65. The van der Waals surface area contributed by atoms with Crippen LogP contribution in [0.5, 0.6) is 0 Å². The van der Waals surface area contributed by atoms with Gasteiger partial charge >= 0.3 is 12.2 Å². The Hall–Kier alpha value is -2.81. The number of allylic oxidation sites excluding steroid dienone is 1. The highest BCUT2D eigenvalue weighted by Gasteiger charge is 2.39. The van der Waals surface area contributed by atoms with Crippen molar-refractivity contribution < 1.29 is 22.8 Å². The second kappa shape index (κ2) is 7.67. The molecule has 0 saturated carbocycles. The van der Waals surface area contributed by atoms with Crippen LogP contribution in [0.25, 0.3) is 0 Å². The third kappa shape index (κ3) is 4.19. The van der Waals surface area contributed by atoms with Gasteiger partial charge in [0.2, 0.25) is 0 Å². The molecule has 5 nitrogen and oxygen atoms in total. The molecule has 3 rings (SSSR count). The van der Waals surface area contributed by atoms with Crippen LogP contribution in [0.3, 0.4) is 0 Å². The number of amides is 3. The van der Waals surface area contributed by atoms with Crippen molar-refractivity contribution in [2.45, 2.75) is 19.1 Å². The average Bonchev–Trinajstić information content (AvgIpc) is 2.62. The van der Waals surface area contributed by atoms with E-state index in [1.165, 1.54) is 25.1 Å². The predicted octanol–water partition coefficient (Wildman–Crippen LogP) is 4.73. The SMILES string of the molecule is CC1=C(C(=O)Nc2ccc(Br)cc2)C(c2ccccc2C(F)(F)F)NC(=O)N1. The minimum absolute atomic E-state index is 0.000723. The quantitative estimate of drug-likeness (QED) is 0.628. The molecule has 3 amide bonds. The first kappa shape index (κ1) is 19.9. The Kier molecular flexibility index (Phi) is 5.46. The molecule has 0 spiro atoms. The normalized spacial score (nSPS) is 17.0.